The predicted octanol–water partition coefficient (Wildman–Crippen LogP) is 2.83. The Morgan fingerprint density at radius 1 is 1.12 bits per heavy atom. The van der Waals surface area contributed by atoms with Crippen LogP contribution in [0.4, 0.5) is 5.69 Å². The second kappa shape index (κ2) is 4.89. The van der Waals surface area contributed by atoms with Crippen molar-refractivity contribution in [2.45, 2.75) is 13.5 Å². The first-order valence-electron chi connectivity index (χ1n) is 5.52. The van der Waals surface area contributed by atoms with Crippen LogP contribution in [0, 0.1) is 6.92 Å². The molecule has 0 aromatic heterocycles. The average molecular weight is 228 g/mol. The molecule has 0 saturated heterocycles. The van der Waals surface area contributed by atoms with Gasteiger partial charge in [-0.1, -0.05) is 18.2 Å². The number of nitrogens with two attached hydrogens (primary N) is 2. The van der Waals surface area contributed by atoms with Crippen molar-refractivity contribution in [1.82, 2.24) is 0 Å². The van der Waals surface area contributed by atoms with Crippen LogP contribution in [0.2, 0.25) is 0 Å². The highest BCUT2D eigenvalue weighted by molar-refractivity contribution is 5.50. The van der Waals surface area contributed by atoms with E-state index < -0.39 is 0 Å². The largest absolute Gasteiger partial charge is 0.457 e. The van der Waals surface area contributed by atoms with Crippen LogP contribution >= 0.6 is 0 Å². The number of ether oxygens (including phenoxy) is 1. The number of rotatable bonds is 3. The molecule has 2 aromatic carbocycles. The Morgan fingerprint density at radius 2 is 1.88 bits per heavy atom. The molecule has 2 rings (SSSR count). The van der Waals surface area contributed by atoms with Gasteiger partial charge in [-0.2, -0.15) is 0 Å². The Hall–Kier alpha value is -2.00. The lowest BCUT2D eigenvalue weighted by molar-refractivity contribution is 0.476. The summed E-state index contributed by atoms with van der Waals surface area (Å²) in [6, 6.07) is 13.4. The summed E-state index contributed by atoms with van der Waals surface area (Å²) in [4.78, 5) is 0. The van der Waals surface area contributed by atoms with Crippen LogP contribution in [0.1, 0.15) is 11.1 Å². The molecule has 0 heterocycles. The van der Waals surface area contributed by atoms with Crippen LogP contribution < -0.4 is 16.2 Å². The quantitative estimate of drug-likeness (QED) is 0.794. The van der Waals surface area contributed by atoms with Gasteiger partial charge in [0, 0.05) is 17.8 Å². The predicted molar refractivity (Wildman–Crippen MR) is 70.0 cm³/mol. The molecule has 0 radical (unpaired) electrons. The number of anilines is 1. The lowest BCUT2D eigenvalue weighted by Crippen LogP contribution is -1.99. The molecule has 88 valence electrons. The zero-order chi connectivity index (χ0) is 12.3. The van der Waals surface area contributed by atoms with E-state index in [1.807, 2.05) is 49.4 Å². The lowest BCUT2D eigenvalue weighted by atomic mass is 10.2. The minimum atomic E-state index is 0.462. The maximum atomic E-state index is 5.80. The molecule has 0 fully saturated rings. The highest BCUT2D eigenvalue weighted by Gasteiger charge is 2.03. The molecule has 0 saturated carbocycles. The summed E-state index contributed by atoms with van der Waals surface area (Å²) in [5.41, 5.74) is 14.2. The fourth-order valence-corrected chi connectivity index (χ4v) is 1.61. The van der Waals surface area contributed by atoms with E-state index in [0.29, 0.717) is 6.54 Å². The zero-order valence-electron chi connectivity index (χ0n) is 9.81. The van der Waals surface area contributed by atoms with Crippen molar-refractivity contribution in [2.24, 2.45) is 5.73 Å². The monoisotopic (exact) mass is 228 g/mol. The van der Waals surface area contributed by atoms with E-state index >= 15 is 0 Å². The van der Waals surface area contributed by atoms with Crippen molar-refractivity contribution in [2.75, 3.05) is 5.73 Å². The first-order valence-corrected chi connectivity index (χ1v) is 5.52. The van der Waals surface area contributed by atoms with Crippen molar-refractivity contribution in [3.8, 4) is 11.5 Å². The number of nitrogen functional groups attached to an aromatic ring is 1. The molecule has 3 heteroatoms. The van der Waals surface area contributed by atoms with E-state index in [1.165, 1.54) is 0 Å². The Balaban J connectivity index is 2.28. The van der Waals surface area contributed by atoms with E-state index in [4.69, 9.17) is 16.2 Å². The minimum absolute atomic E-state index is 0.462. The Kier molecular flexibility index (Phi) is 3.30. The third kappa shape index (κ3) is 2.57. The van der Waals surface area contributed by atoms with Gasteiger partial charge in [-0.3, -0.25) is 0 Å². The second-order valence-corrected chi connectivity index (χ2v) is 3.93. The normalized spacial score (nSPS) is 10.2. The van der Waals surface area contributed by atoms with Crippen molar-refractivity contribution < 1.29 is 4.74 Å². The molecule has 0 aliphatic heterocycles. The van der Waals surface area contributed by atoms with Crippen molar-refractivity contribution >= 4 is 5.69 Å². The van der Waals surface area contributed by atoms with Crippen LogP contribution in [0.25, 0.3) is 0 Å². The number of hydrogen-bond donors (Lipinski definition) is 2. The fraction of sp³-hybridized carbons (Fsp3) is 0.143. The Morgan fingerprint density at radius 3 is 2.59 bits per heavy atom. The van der Waals surface area contributed by atoms with Gasteiger partial charge in [0.2, 0.25) is 0 Å². The molecule has 0 atom stereocenters. The van der Waals surface area contributed by atoms with Gasteiger partial charge < -0.3 is 16.2 Å². The molecule has 17 heavy (non-hydrogen) atoms. The fourth-order valence-electron chi connectivity index (χ4n) is 1.61. The average Bonchev–Trinajstić information content (AvgIpc) is 2.34. The summed E-state index contributed by atoms with van der Waals surface area (Å²) < 4.78 is 5.80. The van der Waals surface area contributed by atoms with Gasteiger partial charge in [-0.05, 0) is 36.8 Å². The second-order valence-electron chi connectivity index (χ2n) is 3.93. The first kappa shape index (κ1) is 11.5. The number of hydrogen-bond acceptors (Lipinski definition) is 3. The lowest BCUT2D eigenvalue weighted by Gasteiger charge is -2.10. The SMILES string of the molecule is Cc1cc(Oc2ccccc2CN)ccc1N. The zero-order valence-corrected chi connectivity index (χ0v) is 9.81. The van der Waals surface area contributed by atoms with Gasteiger partial charge in [0.05, 0.1) is 0 Å². The molecule has 0 aliphatic rings. The van der Waals surface area contributed by atoms with E-state index in [0.717, 1.165) is 28.3 Å². The van der Waals surface area contributed by atoms with Crippen LogP contribution in [0.15, 0.2) is 42.5 Å². The molecule has 0 aliphatic carbocycles. The molecule has 3 nitrogen and oxygen atoms in total. The van der Waals surface area contributed by atoms with Crippen molar-refractivity contribution in [1.29, 1.82) is 0 Å². The summed E-state index contributed by atoms with van der Waals surface area (Å²) in [5, 5.41) is 0. The summed E-state index contributed by atoms with van der Waals surface area (Å²) in [5.74, 6) is 1.57. The topological polar surface area (TPSA) is 61.3 Å². The summed E-state index contributed by atoms with van der Waals surface area (Å²) in [7, 11) is 0. The Labute approximate surface area is 101 Å². The van der Waals surface area contributed by atoms with Crippen molar-refractivity contribution in [3.05, 3.63) is 53.6 Å². The van der Waals surface area contributed by atoms with Gasteiger partial charge >= 0.3 is 0 Å². The molecule has 0 spiro atoms. The maximum Gasteiger partial charge on any atom is 0.131 e. The van der Waals surface area contributed by atoms with Gasteiger partial charge in [-0.25, -0.2) is 0 Å². The molecular weight excluding hydrogens is 212 g/mol. The maximum absolute atomic E-state index is 5.80. The molecule has 2 aromatic rings. The third-order valence-electron chi connectivity index (χ3n) is 2.66. The van der Waals surface area contributed by atoms with Gasteiger partial charge in [0.1, 0.15) is 11.5 Å². The molecule has 0 unspecified atom stereocenters. The standard InChI is InChI=1S/C14H16N2O/c1-10-8-12(6-7-13(10)16)17-14-5-3-2-4-11(14)9-15/h2-8H,9,15-16H2,1H3. The molecule has 4 N–H and O–H groups in total. The minimum Gasteiger partial charge on any atom is -0.457 e. The highest BCUT2D eigenvalue weighted by Crippen LogP contribution is 2.27. The summed E-state index contributed by atoms with van der Waals surface area (Å²) in [6.45, 7) is 2.42. The number of aryl methyl sites for hydroxylation is 1. The van der Waals surface area contributed by atoms with E-state index in [-0.39, 0.29) is 0 Å². The summed E-state index contributed by atoms with van der Waals surface area (Å²) in [6.07, 6.45) is 0. The Bertz CT molecular complexity index is 523. The smallest absolute Gasteiger partial charge is 0.131 e. The number of benzene rings is 2. The number of para-hydroxylation sites is 1. The summed E-state index contributed by atoms with van der Waals surface area (Å²) >= 11 is 0. The van der Waals surface area contributed by atoms with Crippen molar-refractivity contribution in [3.63, 3.8) is 0 Å². The van der Waals surface area contributed by atoms with E-state index in [9.17, 15) is 0 Å². The van der Waals surface area contributed by atoms with Crippen LogP contribution in [0.3, 0.4) is 0 Å². The van der Waals surface area contributed by atoms with E-state index in [2.05, 4.69) is 0 Å². The first-order chi connectivity index (χ1) is 8.20. The van der Waals surface area contributed by atoms with Gasteiger partial charge in [0.15, 0.2) is 0 Å². The van der Waals surface area contributed by atoms with Crippen LogP contribution in [0.5, 0.6) is 11.5 Å². The van der Waals surface area contributed by atoms with Crippen LogP contribution in [-0.4, -0.2) is 0 Å². The van der Waals surface area contributed by atoms with Gasteiger partial charge in [-0.15, -0.1) is 0 Å². The highest BCUT2D eigenvalue weighted by atomic mass is 16.5. The van der Waals surface area contributed by atoms with E-state index in [1.54, 1.807) is 0 Å². The van der Waals surface area contributed by atoms with Gasteiger partial charge in [0.25, 0.3) is 0 Å². The molecular formula is C14H16N2O. The van der Waals surface area contributed by atoms with Crippen LogP contribution in [-0.2, 0) is 6.54 Å². The third-order valence-corrected chi connectivity index (χ3v) is 2.66. The molecule has 0 amide bonds. The molecule has 0 bridgehead atoms.